The van der Waals surface area contributed by atoms with E-state index in [0.717, 1.165) is 5.56 Å². The van der Waals surface area contributed by atoms with Crippen LogP contribution in [0.4, 0.5) is 4.39 Å². The quantitative estimate of drug-likeness (QED) is 0.591. The Bertz CT molecular complexity index is 779. The van der Waals surface area contributed by atoms with Crippen molar-refractivity contribution in [2.45, 2.75) is 37.3 Å². The average Bonchev–Trinajstić information content (AvgIpc) is 2.71. The topological polar surface area (TPSA) is 99.4 Å². The highest BCUT2D eigenvalue weighted by Crippen LogP contribution is 2.32. The highest BCUT2D eigenvalue weighted by atomic mass is 19.1. The molecule has 4 N–H and O–H groups in total. The van der Waals surface area contributed by atoms with E-state index in [0.29, 0.717) is 11.3 Å². The Morgan fingerprint density at radius 2 is 1.71 bits per heavy atom. The molecule has 7 heteroatoms. The number of aliphatic hydroxyl groups is 4. The van der Waals surface area contributed by atoms with Crippen LogP contribution in [-0.4, -0.2) is 58.6 Å². The van der Waals surface area contributed by atoms with E-state index in [2.05, 4.69) is 0 Å². The first kappa shape index (κ1) is 20.5. The van der Waals surface area contributed by atoms with Gasteiger partial charge in [0.1, 0.15) is 35.6 Å². The Kier molecular flexibility index (Phi) is 6.51. The van der Waals surface area contributed by atoms with Crippen LogP contribution in [0.15, 0.2) is 42.5 Å². The summed E-state index contributed by atoms with van der Waals surface area (Å²) in [5.41, 5.74) is 1.17. The SMILES string of the molecule is COc1ccc(Cc2c(F)cccc2O[C@@H]2C[C@H](CO)[C@@H](O)[C@H](O)[C@H]2O)cc1. The third kappa shape index (κ3) is 4.28. The molecule has 6 nitrogen and oxygen atoms in total. The summed E-state index contributed by atoms with van der Waals surface area (Å²) in [6.07, 6.45) is -4.53. The average molecular weight is 392 g/mol. The van der Waals surface area contributed by atoms with Gasteiger partial charge in [-0.3, -0.25) is 0 Å². The van der Waals surface area contributed by atoms with Gasteiger partial charge in [0.05, 0.1) is 13.2 Å². The molecule has 1 aliphatic rings. The molecule has 0 radical (unpaired) electrons. The van der Waals surface area contributed by atoms with Gasteiger partial charge in [-0.05, 0) is 36.2 Å². The van der Waals surface area contributed by atoms with Gasteiger partial charge in [-0.2, -0.15) is 0 Å². The van der Waals surface area contributed by atoms with E-state index in [4.69, 9.17) is 9.47 Å². The minimum Gasteiger partial charge on any atom is -0.497 e. The predicted molar refractivity (Wildman–Crippen MR) is 99.8 cm³/mol. The van der Waals surface area contributed by atoms with E-state index in [1.54, 1.807) is 25.3 Å². The molecule has 1 aliphatic carbocycles. The Labute approximate surface area is 162 Å². The lowest BCUT2D eigenvalue weighted by Gasteiger charge is -2.39. The minimum atomic E-state index is -1.45. The molecule has 28 heavy (non-hydrogen) atoms. The van der Waals surface area contributed by atoms with Crippen LogP contribution in [-0.2, 0) is 6.42 Å². The molecule has 0 saturated heterocycles. The molecule has 152 valence electrons. The second kappa shape index (κ2) is 8.87. The number of aliphatic hydroxyl groups excluding tert-OH is 4. The zero-order valence-corrected chi connectivity index (χ0v) is 15.5. The molecule has 2 aromatic carbocycles. The number of ether oxygens (including phenoxy) is 2. The molecule has 0 amide bonds. The molecule has 0 heterocycles. The summed E-state index contributed by atoms with van der Waals surface area (Å²) in [4.78, 5) is 0. The Morgan fingerprint density at radius 1 is 1.00 bits per heavy atom. The van der Waals surface area contributed by atoms with Crippen molar-refractivity contribution in [3.63, 3.8) is 0 Å². The zero-order chi connectivity index (χ0) is 20.3. The van der Waals surface area contributed by atoms with Crippen LogP contribution in [0.1, 0.15) is 17.5 Å². The van der Waals surface area contributed by atoms with Gasteiger partial charge in [0.25, 0.3) is 0 Å². The van der Waals surface area contributed by atoms with Crippen molar-refractivity contribution in [3.8, 4) is 11.5 Å². The van der Waals surface area contributed by atoms with Crippen LogP contribution in [0, 0.1) is 11.7 Å². The number of hydrogen-bond donors (Lipinski definition) is 4. The van der Waals surface area contributed by atoms with Gasteiger partial charge in [0.15, 0.2) is 0 Å². The molecule has 1 fully saturated rings. The van der Waals surface area contributed by atoms with E-state index in [-0.39, 0.29) is 25.2 Å². The zero-order valence-electron chi connectivity index (χ0n) is 15.5. The summed E-state index contributed by atoms with van der Waals surface area (Å²) < 4.78 is 25.5. The monoisotopic (exact) mass is 392 g/mol. The molecule has 0 bridgehead atoms. The lowest BCUT2D eigenvalue weighted by atomic mass is 9.81. The summed E-state index contributed by atoms with van der Waals surface area (Å²) in [6, 6.07) is 11.7. The maximum atomic E-state index is 14.5. The third-order valence-corrected chi connectivity index (χ3v) is 5.23. The normalized spacial score (nSPS) is 27.4. The van der Waals surface area contributed by atoms with Crippen molar-refractivity contribution < 1.29 is 34.3 Å². The highest BCUT2D eigenvalue weighted by Gasteiger charge is 2.43. The number of methoxy groups -OCH3 is 1. The van der Waals surface area contributed by atoms with E-state index in [1.807, 2.05) is 12.1 Å². The first-order valence-corrected chi connectivity index (χ1v) is 9.16. The summed E-state index contributed by atoms with van der Waals surface area (Å²) in [5, 5.41) is 39.6. The van der Waals surface area contributed by atoms with Gasteiger partial charge < -0.3 is 29.9 Å². The maximum Gasteiger partial charge on any atom is 0.130 e. The number of halogens is 1. The Morgan fingerprint density at radius 3 is 2.36 bits per heavy atom. The molecule has 0 aliphatic heterocycles. The van der Waals surface area contributed by atoms with Gasteiger partial charge in [0, 0.05) is 24.5 Å². The number of rotatable bonds is 6. The van der Waals surface area contributed by atoms with Crippen LogP contribution in [0.5, 0.6) is 11.5 Å². The van der Waals surface area contributed by atoms with Crippen molar-refractivity contribution in [2.24, 2.45) is 5.92 Å². The molecule has 2 aromatic rings. The smallest absolute Gasteiger partial charge is 0.130 e. The van der Waals surface area contributed by atoms with E-state index < -0.39 is 36.2 Å². The van der Waals surface area contributed by atoms with Crippen molar-refractivity contribution >= 4 is 0 Å². The van der Waals surface area contributed by atoms with Crippen molar-refractivity contribution in [3.05, 3.63) is 59.4 Å². The van der Waals surface area contributed by atoms with Crippen molar-refractivity contribution in [2.75, 3.05) is 13.7 Å². The van der Waals surface area contributed by atoms with Crippen LogP contribution in [0.2, 0.25) is 0 Å². The van der Waals surface area contributed by atoms with Gasteiger partial charge in [-0.1, -0.05) is 18.2 Å². The van der Waals surface area contributed by atoms with E-state index in [9.17, 15) is 24.8 Å². The Hall–Kier alpha value is -2.19. The molecule has 1 saturated carbocycles. The van der Waals surface area contributed by atoms with Gasteiger partial charge >= 0.3 is 0 Å². The third-order valence-electron chi connectivity index (χ3n) is 5.23. The van der Waals surface area contributed by atoms with Gasteiger partial charge in [-0.15, -0.1) is 0 Å². The van der Waals surface area contributed by atoms with Crippen LogP contribution >= 0.6 is 0 Å². The molecular weight excluding hydrogens is 367 g/mol. The van der Waals surface area contributed by atoms with Crippen LogP contribution < -0.4 is 9.47 Å². The molecule has 0 spiro atoms. The van der Waals surface area contributed by atoms with Crippen LogP contribution in [0.25, 0.3) is 0 Å². The molecular formula is C21H25FO6. The second-order valence-electron chi connectivity index (χ2n) is 7.05. The van der Waals surface area contributed by atoms with E-state index >= 15 is 0 Å². The maximum absolute atomic E-state index is 14.5. The summed E-state index contributed by atoms with van der Waals surface area (Å²) >= 11 is 0. The lowest BCUT2D eigenvalue weighted by molar-refractivity contribution is -0.157. The Balaban J connectivity index is 1.83. The summed E-state index contributed by atoms with van der Waals surface area (Å²) in [7, 11) is 1.57. The second-order valence-corrected chi connectivity index (χ2v) is 7.05. The fraction of sp³-hybridized carbons (Fsp3) is 0.429. The largest absolute Gasteiger partial charge is 0.497 e. The first-order chi connectivity index (χ1) is 13.4. The van der Waals surface area contributed by atoms with E-state index in [1.165, 1.54) is 12.1 Å². The van der Waals surface area contributed by atoms with Crippen molar-refractivity contribution in [1.29, 1.82) is 0 Å². The number of hydrogen-bond acceptors (Lipinski definition) is 6. The summed E-state index contributed by atoms with van der Waals surface area (Å²) in [5.74, 6) is -0.137. The predicted octanol–water partition coefficient (Wildman–Crippen LogP) is 1.27. The summed E-state index contributed by atoms with van der Waals surface area (Å²) in [6.45, 7) is -0.355. The molecule has 0 unspecified atom stereocenters. The highest BCUT2D eigenvalue weighted by molar-refractivity contribution is 5.40. The first-order valence-electron chi connectivity index (χ1n) is 9.16. The minimum absolute atomic E-state index is 0.133. The molecule has 0 aromatic heterocycles. The van der Waals surface area contributed by atoms with Crippen LogP contribution in [0.3, 0.4) is 0 Å². The lowest BCUT2D eigenvalue weighted by Crippen LogP contribution is -2.56. The fourth-order valence-corrected chi connectivity index (χ4v) is 3.51. The molecule has 5 atom stereocenters. The standard InChI is InChI=1S/C21H25FO6/c1-27-14-7-5-12(6-8-14)9-15-16(22)3-2-4-17(15)28-18-10-13(11-23)19(24)21(26)20(18)25/h2-8,13,18-21,23-26H,9-11H2,1H3/t13-,18-,19-,20+,21+/m1/s1. The fourth-order valence-electron chi connectivity index (χ4n) is 3.51. The van der Waals surface area contributed by atoms with Gasteiger partial charge in [0.2, 0.25) is 0 Å². The van der Waals surface area contributed by atoms with Gasteiger partial charge in [-0.25, -0.2) is 4.39 Å². The number of benzene rings is 2. The molecule has 3 rings (SSSR count). The van der Waals surface area contributed by atoms with Crippen molar-refractivity contribution in [1.82, 2.24) is 0 Å².